The first-order valence-electron chi connectivity index (χ1n) is 9.01. The Labute approximate surface area is 168 Å². The van der Waals surface area contributed by atoms with Gasteiger partial charge in [0.15, 0.2) is 0 Å². The number of pyridine rings is 1. The maximum Gasteiger partial charge on any atom is 0.136 e. The molecule has 0 radical (unpaired) electrons. The summed E-state index contributed by atoms with van der Waals surface area (Å²) in [6.45, 7) is 3.88. The minimum atomic E-state index is 0. The maximum atomic E-state index is 10.6. The number of aromatic nitrogens is 4. The van der Waals surface area contributed by atoms with Gasteiger partial charge >= 0.3 is 0 Å². The number of hydrogen-bond acceptors (Lipinski definition) is 5. The van der Waals surface area contributed by atoms with Crippen molar-refractivity contribution in [3.63, 3.8) is 0 Å². The summed E-state index contributed by atoms with van der Waals surface area (Å²) in [5.41, 5.74) is 6.20. The van der Waals surface area contributed by atoms with Gasteiger partial charge < -0.3 is 14.8 Å². The van der Waals surface area contributed by atoms with Crippen molar-refractivity contribution in [3.8, 4) is 28.1 Å². The molecule has 6 nitrogen and oxygen atoms in total. The van der Waals surface area contributed by atoms with Crippen LogP contribution in [0.25, 0.3) is 28.0 Å². The Morgan fingerprint density at radius 2 is 1.82 bits per heavy atom. The summed E-state index contributed by atoms with van der Waals surface area (Å²) in [5, 5.41) is 22.4. The fraction of sp³-hybridized carbons (Fsp3) is 0.190. The lowest BCUT2D eigenvalue weighted by atomic mass is 9.98. The van der Waals surface area contributed by atoms with E-state index in [1.54, 1.807) is 6.07 Å². The first-order chi connectivity index (χ1) is 13.2. The number of rotatable bonds is 3. The van der Waals surface area contributed by atoms with E-state index in [1.165, 1.54) is 0 Å². The topological polar surface area (TPSA) is 75.3 Å². The maximum absolute atomic E-state index is 10.6. The third-order valence-corrected chi connectivity index (χ3v) is 5.06. The molecule has 0 bridgehead atoms. The highest BCUT2D eigenvalue weighted by Gasteiger charge is 2.20. The highest BCUT2D eigenvalue weighted by atomic mass is 35.5. The van der Waals surface area contributed by atoms with Crippen LogP contribution in [0.1, 0.15) is 17.3 Å². The second-order valence-electron chi connectivity index (χ2n) is 7.00. The normalized spacial score (nSPS) is 13.9. The summed E-state index contributed by atoms with van der Waals surface area (Å²) in [6.07, 6.45) is 4.01. The lowest BCUT2D eigenvalue weighted by Crippen LogP contribution is -2.40. The van der Waals surface area contributed by atoms with E-state index in [-0.39, 0.29) is 18.2 Å². The van der Waals surface area contributed by atoms with E-state index in [4.69, 9.17) is 0 Å². The summed E-state index contributed by atoms with van der Waals surface area (Å²) < 4.78 is 2.00. The Hall–Kier alpha value is -2.96. The van der Waals surface area contributed by atoms with Crippen LogP contribution in [0.3, 0.4) is 0 Å². The average Bonchev–Trinajstić information content (AvgIpc) is 3.00. The van der Waals surface area contributed by atoms with E-state index >= 15 is 0 Å². The van der Waals surface area contributed by atoms with Crippen LogP contribution in [0, 0.1) is 6.92 Å². The number of benzene rings is 1. The minimum absolute atomic E-state index is 0. The molecular formula is C21H20ClN5O. The van der Waals surface area contributed by atoms with Crippen LogP contribution in [0.4, 0.5) is 0 Å². The number of aryl methyl sites for hydroxylation is 1. The fourth-order valence-electron chi connectivity index (χ4n) is 3.42. The second-order valence-corrected chi connectivity index (χ2v) is 7.00. The Bertz CT molecular complexity index is 1140. The molecule has 1 fully saturated rings. The summed E-state index contributed by atoms with van der Waals surface area (Å²) in [6, 6.07) is 13.6. The average molecular weight is 394 g/mol. The zero-order valence-electron chi connectivity index (χ0n) is 15.3. The van der Waals surface area contributed by atoms with Crippen LogP contribution < -0.4 is 5.32 Å². The van der Waals surface area contributed by atoms with Crippen LogP contribution in [0.2, 0.25) is 0 Å². The lowest BCUT2D eigenvalue weighted by molar-refractivity contribution is 0.436. The van der Waals surface area contributed by atoms with Gasteiger partial charge in [-0.3, -0.25) is 0 Å². The molecule has 0 aliphatic carbocycles. The molecular weight excluding hydrogens is 374 g/mol. The number of imidazole rings is 1. The van der Waals surface area contributed by atoms with Gasteiger partial charge in [-0.05, 0) is 54.4 Å². The largest absolute Gasteiger partial charge is 0.507 e. The SMILES string of the molecule is Cc1cn2cc(-c3ccc(-c4ccc(C5CNC5)nn4)c(O)c3)ccc2n1.Cl. The molecule has 3 aromatic heterocycles. The van der Waals surface area contributed by atoms with Crippen molar-refractivity contribution in [1.82, 2.24) is 24.9 Å². The van der Waals surface area contributed by atoms with Crippen LogP contribution in [-0.4, -0.2) is 37.8 Å². The van der Waals surface area contributed by atoms with Gasteiger partial charge in [-0.2, -0.15) is 10.2 Å². The van der Waals surface area contributed by atoms with Gasteiger partial charge in [-0.1, -0.05) is 6.07 Å². The quantitative estimate of drug-likeness (QED) is 0.556. The van der Waals surface area contributed by atoms with E-state index in [1.807, 2.05) is 60.1 Å². The molecule has 1 aliphatic rings. The number of hydrogen-bond donors (Lipinski definition) is 2. The predicted octanol–water partition coefficient (Wildman–Crippen LogP) is 3.58. The monoisotopic (exact) mass is 393 g/mol. The predicted molar refractivity (Wildman–Crippen MR) is 111 cm³/mol. The molecule has 0 atom stereocenters. The Balaban J connectivity index is 0.00000192. The minimum Gasteiger partial charge on any atom is -0.507 e. The van der Waals surface area contributed by atoms with Crippen LogP contribution in [-0.2, 0) is 0 Å². The van der Waals surface area contributed by atoms with Crippen molar-refractivity contribution in [1.29, 1.82) is 0 Å². The van der Waals surface area contributed by atoms with E-state index in [0.29, 0.717) is 17.2 Å². The van der Waals surface area contributed by atoms with Crippen LogP contribution in [0.5, 0.6) is 5.75 Å². The molecule has 4 aromatic rings. The molecule has 7 heteroatoms. The summed E-state index contributed by atoms with van der Waals surface area (Å²) in [5.74, 6) is 0.644. The van der Waals surface area contributed by atoms with Crippen molar-refractivity contribution < 1.29 is 5.11 Å². The molecule has 5 rings (SSSR count). The summed E-state index contributed by atoms with van der Waals surface area (Å²) >= 11 is 0. The number of fused-ring (bicyclic) bond motifs is 1. The Morgan fingerprint density at radius 1 is 1.00 bits per heavy atom. The van der Waals surface area contributed by atoms with Gasteiger partial charge in [-0.25, -0.2) is 4.98 Å². The molecule has 28 heavy (non-hydrogen) atoms. The summed E-state index contributed by atoms with van der Waals surface area (Å²) in [4.78, 5) is 4.44. The van der Waals surface area contributed by atoms with Gasteiger partial charge in [0.25, 0.3) is 0 Å². The molecule has 0 spiro atoms. The third-order valence-electron chi connectivity index (χ3n) is 5.06. The van der Waals surface area contributed by atoms with Crippen molar-refractivity contribution in [2.45, 2.75) is 12.8 Å². The lowest BCUT2D eigenvalue weighted by Gasteiger charge is -2.25. The van der Waals surface area contributed by atoms with Gasteiger partial charge in [0.05, 0.1) is 17.1 Å². The molecule has 4 heterocycles. The smallest absolute Gasteiger partial charge is 0.136 e. The highest BCUT2D eigenvalue weighted by Crippen LogP contribution is 2.32. The number of phenolic OH excluding ortho intramolecular Hbond substituents is 1. The van der Waals surface area contributed by atoms with E-state index in [2.05, 4.69) is 20.5 Å². The number of nitrogens with zero attached hydrogens (tertiary/aromatic N) is 4. The third kappa shape index (κ3) is 3.21. The second kappa shape index (κ2) is 7.22. The molecule has 1 aliphatic heterocycles. The molecule has 1 aromatic carbocycles. The first kappa shape index (κ1) is 18.4. The van der Waals surface area contributed by atoms with Crippen molar-refractivity contribution in [3.05, 3.63) is 66.2 Å². The number of nitrogens with one attached hydrogen (secondary N) is 1. The van der Waals surface area contributed by atoms with E-state index in [9.17, 15) is 5.11 Å². The number of aromatic hydroxyl groups is 1. The summed E-state index contributed by atoms with van der Waals surface area (Å²) in [7, 11) is 0. The zero-order valence-corrected chi connectivity index (χ0v) is 16.1. The van der Waals surface area contributed by atoms with Gasteiger partial charge in [0.2, 0.25) is 0 Å². The van der Waals surface area contributed by atoms with Crippen LogP contribution >= 0.6 is 12.4 Å². The molecule has 142 valence electrons. The van der Waals surface area contributed by atoms with Crippen molar-refractivity contribution in [2.75, 3.05) is 13.1 Å². The van der Waals surface area contributed by atoms with Crippen molar-refractivity contribution >= 4 is 18.1 Å². The van der Waals surface area contributed by atoms with Crippen molar-refractivity contribution in [2.24, 2.45) is 0 Å². The van der Waals surface area contributed by atoms with Gasteiger partial charge in [-0.15, -0.1) is 12.4 Å². The zero-order chi connectivity index (χ0) is 18.4. The molecule has 2 N–H and O–H groups in total. The molecule has 1 saturated heterocycles. The number of halogens is 1. The molecule has 0 amide bonds. The van der Waals surface area contributed by atoms with E-state index < -0.39 is 0 Å². The standard InChI is InChI=1S/C21H19N5O.ClH/c1-13-11-26-12-15(3-7-21(26)23-13)14-2-4-17(20(27)8-14)19-6-5-18(24-25-19)16-9-22-10-16;/h2-8,11-12,16,22,27H,9-10H2,1H3;1H. The molecule has 0 unspecified atom stereocenters. The first-order valence-corrected chi connectivity index (χ1v) is 9.01. The Morgan fingerprint density at radius 3 is 2.50 bits per heavy atom. The highest BCUT2D eigenvalue weighted by molar-refractivity contribution is 5.85. The van der Waals surface area contributed by atoms with E-state index in [0.717, 1.165) is 41.3 Å². The Kier molecular flexibility index (Phi) is 4.75. The van der Waals surface area contributed by atoms with Gasteiger partial charge in [0, 0.05) is 37.0 Å². The van der Waals surface area contributed by atoms with Gasteiger partial charge in [0.1, 0.15) is 11.4 Å². The number of phenols is 1. The van der Waals surface area contributed by atoms with Crippen LogP contribution in [0.15, 0.2) is 54.9 Å². The fourth-order valence-corrected chi connectivity index (χ4v) is 3.42. The molecule has 0 saturated carbocycles.